The lowest BCUT2D eigenvalue weighted by atomic mass is 10.1. The van der Waals surface area contributed by atoms with E-state index >= 15 is 0 Å². The standard InChI is InChI=1S/C25H24N2O5/c1-16-4-8-20(9-5-16)27-13-22-19(12-26-17(2)24(22)31-15-23(27)28)14-32-25(29)18-6-10-21(30-3)11-7-18/h4-12H,13-15H2,1-3H3. The summed E-state index contributed by atoms with van der Waals surface area (Å²) >= 11 is 0. The number of carbonyl (C=O) groups excluding carboxylic acids is 2. The number of amides is 1. The number of fused-ring (bicyclic) bond motifs is 1. The van der Waals surface area contributed by atoms with Gasteiger partial charge in [-0.2, -0.15) is 0 Å². The van der Waals surface area contributed by atoms with Gasteiger partial charge in [0.1, 0.15) is 18.1 Å². The highest BCUT2D eigenvalue weighted by molar-refractivity contribution is 5.95. The van der Waals surface area contributed by atoms with Gasteiger partial charge in [-0.05, 0) is 50.2 Å². The molecule has 7 heteroatoms. The van der Waals surface area contributed by atoms with Gasteiger partial charge in [-0.25, -0.2) is 4.79 Å². The molecule has 0 saturated heterocycles. The highest BCUT2D eigenvalue weighted by Crippen LogP contribution is 2.32. The van der Waals surface area contributed by atoms with Crippen LogP contribution in [0.1, 0.15) is 32.7 Å². The van der Waals surface area contributed by atoms with Crippen LogP contribution in [0.2, 0.25) is 0 Å². The SMILES string of the molecule is COc1ccc(C(=O)OCc2cnc(C)c3c2CN(c2ccc(C)cc2)C(=O)CO3)cc1. The lowest BCUT2D eigenvalue weighted by molar-refractivity contribution is -0.120. The first kappa shape index (κ1) is 21.4. The molecule has 0 N–H and O–H groups in total. The minimum absolute atomic E-state index is 0.0137. The number of carbonyl (C=O) groups is 2. The number of aryl methyl sites for hydroxylation is 2. The van der Waals surface area contributed by atoms with Crippen molar-refractivity contribution in [2.24, 2.45) is 0 Å². The molecule has 1 aliphatic rings. The number of hydrogen-bond acceptors (Lipinski definition) is 6. The van der Waals surface area contributed by atoms with Crippen LogP contribution in [0.3, 0.4) is 0 Å². The van der Waals surface area contributed by atoms with Gasteiger partial charge < -0.3 is 19.1 Å². The molecular weight excluding hydrogens is 408 g/mol. The quantitative estimate of drug-likeness (QED) is 0.568. The molecule has 0 fully saturated rings. The number of esters is 1. The Balaban J connectivity index is 1.59. The van der Waals surface area contributed by atoms with Crippen LogP contribution < -0.4 is 14.4 Å². The van der Waals surface area contributed by atoms with Crippen molar-refractivity contribution in [2.75, 3.05) is 18.6 Å². The van der Waals surface area contributed by atoms with Crippen molar-refractivity contribution in [3.63, 3.8) is 0 Å². The second kappa shape index (κ2) is 9.09. The Morgan fingerprint density at radius 3 is 2.50 bits per heavy atom. The van der Waals surface area contributed by atoms with Crippen LogP contribution in [-0.2, 0) is 22.7 Å². The summed E-state index contributed by atoms with van der Waals surface area (Å²) in [4.78, 5) is 31.3. The Labute approximate surface area is 186 Å². The molecule has 0 radical (unpaired) electrons. The molecule has 4 rings (SSSR count). The molecule has 2 heterocycles. The summed E-state index contributed by atoms with van der Waals surface area (Å²) in [5.74, 6) is 0.618. The van der Waals surface area contributed by atoms with E-state index in [-0.39, 0.29) is 19.1 Å². The summed E-state index contributed by atoms with van der Waals surface area (Å²) in [5, 5.41) is 0. The molecule has 1 amide bonds. The maximum Gasteiger partial charge on any atom is 0.338 e. The number of ether oxygens (including phenoxy) is 3. The highest BCUT2D eigenvalue weighted by atomic mass is 16.5. The molecule has 0 saturated carbocycles. The van der Waals surface area contributed by atoms with Gasteiger partial charge in [0, 0.05) is 23.0 Å². The van der Waals surface area contributed by atoms with Gasteiger partial charge in [-0.1, -0.05) is 17.7 Å². The second-order valence-electron chi connectivity index (χ2n) is 7.59. The Morgan fingerprint density at radius 2 is 1.81 bits per heavy atom. The third-order valence-corrected chi connectivity index (χ3v) is 5.39. The summed E-state index contributed by atoms with van der Waals surface area (Å²) in [6, 6.07) is 14.5. The molecule has 0 bridgehead atoms. The predicted octanol–water partition coefficient (Wildman–Crippen LogP) is 3.99. The number of aromatic nitrogens is 1. The number of rotatable bonds is 5. The van der Waals surface area contributed by atoms with Crippen LogP contribution in [0.25, 0.3) is 0 Å². The maximum absolute atomic E-state index is 12.8. The Hall–Kier alpha value is -3.87. The van der Waals surface area contributed by atoms with Crippen molar-refractivity contribution < 1.29 is 23.8 Å². The number of nitrogens with zero attached hydrogens (tertiary/aromatic N) is 2. The third-order valence-electron chi connectivity index (χ3n) is 5.39. The lowest BCUT2D eigenvalue weighted by Crippen LogP contribution is -2.32. The van der Waals surface area contributed by atoms with Gasteiger partial charge >= 0.3 is 5.97 Å². The van der Waals surface area contributed by atoms with E-state index < -0.39 is 5.97 Å². The molecule has 0 atom stereocenters. The fourth-order valence-electron chi connectivity index (χ4n) is 3.54. The summed E-state index contributed by atoms with van der Waals surface area (Å²) in [5.41, 5.74) is 4.48. The van der Waals surface area contributed by atoms with E-state index in [1.165, 1.54) is 0 Å². The van der Waals surface area contributed by atoms with Crippen LogP contribution in [0.4, 0.5) is 5.69 Å². The molecular formula is C25H24N2O5. The van der Waals surface area contributed by atoms with E-state index in [0.717, 1.165) is 16.8 Å². The van der Waals surface area contributed by atoms with Crippen LogP contribution in [-0.4, -0.2) is 30.6 Å². The van der Waals surface area contributed by atoms with Gasteiger partial charge in [0.05, 0.1) is 24.9 Å². The second-order valence-corrected chi connectivity index (χ2v) is 7.59. The average Bonchev–Trinajstić information content (AvgIpc) is 2.99. The van der Waals surface area contributed by atoms with E-state index in [4.69, 9.17) is 14.2 Å². The topological polar surface area (TPSA) is 78.0 Å². The summed E-state index contributed by atoms with van der Waals surface area (Å²) < 4.78 is 16.5. The van der Waals surface area contributed by atoms with Crippen molar-refractivity contribution in [1.29, 1.82) is 0 Å². The Bertz CT molecular complexity index is 1140. The maximum atomic E-state index is 12.8. The molecule has 2 aromatic carbocycles. The smallest absolute Gasteiger partial charge is 0.338 e. The van der Waals surface area contributed by atoms with Crippen molar-refractivity contribution >= 4 is 17.6 Å². The zero-order chi connectivity index (χ0) is 22.7. The minimum atomic E-state index is -0.456. The zero-order valence-corrected chi connectivity index (χ0v) is 18.3. The number of anilines is 1. The molecule has 3 aromatic rings. The molecule has 0 aliphatic carbocycles. The van der Waals surface area contributed by atoms with Gasteiger partial charge in [0.15, 0.2) is 6.61 Å². The first-order chi connectivity index (χ1) is 15.5. The van der Waals surface area contributed by atoms with E-state index in [0.29, 0.717) is 34.9 Å². The Kier molecular flexibility index (Phi) is 6.07. The number of benzene rings is 2. The van der Waals surface area contributed by atoms with E-state index in [9.17, 15) is 9.59 Å². The van der Waals surface area contributed by atoms with Crippen molar-refractivity contribution in [2.45, 2.75) is 27.0 Å². The van der Waals surface area contributed by atoms with Crippen LogP contribution >= 0.6 is 0 Å². The molecule has 7 nitrogen and oxygen atoms in total. The molecule has 164 valence electrons. The van der Waals surface area contributed by atoms with E-state index in [2.05, 4.69) is 4.98 Å². The monoisotopic (exact) mass is 432 g/mol. The van der Waals surface area contributed by atoms with Gasteiger partial charge in [-0.15, -0.1) is 0 Å². The highest BCUT2D eigenvalue weighted by Gasteiger charge is 2.27. The number of pyridine rings is 1. The molecule has 32 heavy (non-hydrogen) atoms. The molecule has 0 unspecified atom stereocenters. The van der Waals surface area contributed by atoms with Gasteiger partial charge in [0.25, 0.3) is 5.91 Å². The van der Waals surface area contributed by atoms with Crippen molar-refractivity contribution in [3.05, 3.63) is 82.7 Å². The molecule has 1 aromatic heterocycles. The zero-order valence-electron chi connectivity index (χ0n) is 18.3. The largest absolute Gasteiger partial charge is 0.497 e. The van der Waals surface area contributed by atoms with E-state index in [1.807, 2.05) is 38.1 Å². The van der Waals surface area contributed by atoms with Crippen LogP contribution in [0.5, 0.6) is 11.5 Å². The third kappa shape index (κ3) is 4.42. The van der Waals surface area contributed by atoms with Crippen LogP contribution in [0, 0.1) is 13.8 Å². The van der Waals surface area contributed by atoms with Gasteiger partial charge in [0.2, 0.25) is 0 Å². The minimum Gasteiger partial charge on any atom is -0.497 e. The summed E-state index contributed by atoms with van der Waals surface area (Å²) in [6.07, 6.45) is 1.67. The predicted molar refractivity (Wildman–Crippen MR) is 119 cm³/mol. The van der Waals surface area contributed by atoms with Gasteiger partial charge in [-0.3, -0.25) is 9.78 Å². The lowest BCUT2D eigenvalue weighted by Gasteiger charge is -2.21. The number of methoxy groups -OCH3 is 1. The summed E-state index contributed by atoms with van der Waals surface area (Å²) in [7, 11) is 1.57. The van der Waals surface area contributed by atoms with Crippen LogP contribution in [0.15, 0.2) is 54.7 Å². The number of hydrogen-bond donors (Lipinski definition) is 0. The molecule has 1 aliphatic heterocycles. The Morgan fingerprint density at radius 1 is 1.09 bits per heavy atom. The fraction of sp³-hybridized carbons (Fsp3) is 0.240. The normalized spacial score (nSPS) is 13.1. The molecule has 0 spiro atoms. The summed E-state index contributed by atoms with van der Waals surface area (Å²) in [6.45, 7) is 4.06. The van der Waals surface area contributed by atoms with Crippen molar-refractivity contribution in [3.8, 4) is 11.5 Å². The average molecular weight is 432 g/mol. The van der Waals surface area contributed by atoms with Crippen molar-refractivity contribution in [1.82, 2.24) is 4.98 Å². The van der Waals surface area contributed by atoms with E-state index in [1.54, 1.807) is 42.5 Å². The first-order valence-corrected chi connectivity index (χ1v) is 10.2. The first-order valence-electron chi connectivity index (χ1n) is 10.2. The fourth-order valence-corrected chi connectivity index (χ4v) is 3.54.